The highest BCUT2D eigenvalue weighted by Gasteiger charge is 2.38. The van der Waals surface area contributed by atoms with Crippen LogP contribution in [-0.2, 0) is 9.59 Å². The van der Waals surface area contributed by atoms with Crippen LogP contribution in [0, 0.1) is 6.92 Å². The van der Waals surface area contributed by atoms with Crippen molar-refractivity contribution in [3.05, 3.63) is 29.8 Å². The number of anilines is 1. The molecule has 2 N–H and O–H groups in total. The minimum Gasteiger partial charge on any atom is -0.480 e. The van der Waals surface area contributed by atoms with Crippen molar-refractivity contribution >= 4 is 17.6 Å². The third-order valence-corrected chi connectivity index (χ3v) is 3.97. The molecule has 1 aromatic carbocycles. The zero-order valence-corrected chi connectivity index (χ0v) is 12.6. The van der Waals surface area contributed by atoms with E-state index in [1.54, 1.807) is 12.1 Å². The minimum atomic E-state index is -1.01. The van der Waals surface area contributed by atoms with Gasteiger partial charge < -0.3 is 10.4 Å². The molecule has 0 spiro atoms. The lowest BCUT2D eigenvalue weighted by Crippen LogP contribution is -2.59. The first-order chi connectivity index (χ1) is 9.92. The van der Waals surface area contributed by atoms with Crippen molar-refractivity contribution in [1.82, 2.24) is 5.32 Å². The van der Waals surface area contributed by atoms with Crippen molar-refractivity contribution < 1.29 is 14.7 Å². The van der Waals surface area contributed by atoms with E-state index in [2.05, 4.69) is 5.32 Å². The molecule has 114 valence electrons. The number of carbonyl (C=O) groups excluding carboxylic acids is 1. The predicted octanol–water partition coefficient (Wildman–Crippen LogP) is 1.94. The molecule has 0 aromatic heterocycles. The Morgan fingerprint density at radius 3 is 2.48 bits per heavy atom. The number of carbonyl (C=O) groups is 2. The first-order valence-electron chi connectivity index (χ1n) is 7.28. The molecule has 1 aromatic rings. The van der Waals surface area contributed by atoms with Gasteiger partial charge in [-0.1, -0.05) is 17.7 Å². The van der Waals surface area contributed by atoms with E-state index in [0.717, 1.165) is 31.4 Å². The summed E-state index contributed by atoms with van der Waals surface area (Å²) in [6, 6.07) is 7.35. The Morgan fingerprint density at radius 2 is 1.95 bits per heavy atom. The van der Waals surface area contributed by atoms with Gasteiger partial charge in [-0.3, -0.25) is 14.5 Å². The van der Waals surface area contributed by atoms with E-state index in [1.807, 2.05) is 26.0 Å². The maximum atomic E-state index is 12.8. The van der Waals surface area contributed by atoms with Gasteiger partial charge in [-0.05, 0) is 51.8 Å². The molecule has 1 saturated heterocycles. The lowest BCUT2D eigenvalue weighted by molar-refractivity contribution is -0.137. The van der Waals surface area contributed by atoms with Gasteiger partial charge in [0.1, 0.15) is 6.54 Å². The smallest absolute Gasteiger partial charge is 0.323 e. The van der Waals surface area contributed by atoms with Gasteiger partial charge in [0.2, 0.25) is 5.91 Å². The maximum Gasteiger partial charge on any atom is 0.323 e. The quantitative estimate of drug-likeness (QED) is 0.889. The van der Waals surface area contributed by atoms with Crippen LogP contribution in [0.15, 0.2) is 24.3 Å². The second-order valence-corrected chi connectivity index (χ2v) is 5.84. The molecular weight excluding hydrogens is 268 g/mol. The summed E-state index contributed by atoms with van der Waals surface area (Å²) in [5.41, 5.74) is 1.02. The third kappa shape index (κ3) is 3.61. The van der Waals surface area contributed by atoms with Crippen LogP contribution in [0.3, 0.4) is 0 Å². The number of rotatable bonds is 4. The fourth-order valence-corrected chi connectivity index (χ4v) is 2.68. The van der Waals surface area contributed by atoms with E-state index >= 15 is 0 Å². The summed E-state index contributed by atoms with van der Waals surface area (Å²) >= 11 is 0. The number of hydrogen-bond donors (Lipinski definition) is 2. The van der Waals surface area contributed by atoms with Gasteiger partial charge in [0.25, 0.3) is 0 Å². The molecule has 0 bridgehead atoms. The molecular formula is C16H22N2O3. The van der Waals surface area contributed by atoms with Crippen molar-refractivity contribution in [2.45, 2.75) is 38.6 Å². The Hall–Kier alpha value is -1.88. The second-order valence-electron chi connectivity index (χ2n) is 5.84. The fourth-order valence-electron chi connectivity index (χ4n) is 2.68. The highest BCUT2D eigenvalue weighted by Crippen LogP contribution is 2.25. The lowest BCUT2D eigenvalue weighted by atomic mass is 9.89. The maximum absolute atomic E-state index is 12.8. The number of nitrogens with zero attached hydrogens (tertiary/aromatic N) is 1. The molecule has 1 heterocycles. The van der Waals surface area contributed by atoms with Crippen LogP contribution in [0.25, 0.3) is 0 Å². The van der Waals surface area contributed by atoms with Crippen LogP contribution >= 0.6 is 0 Å². The van der Waals surface area contributed by atoms with E-state index in [0.29, 0.717) is 5.69 Å². The lowest BCUT2D eigenvalue weighted by Gasteiger charge is -2.37. The first-order valence-corrected chi connectivity index (χ1v) is 7.28. The van der Waals surface area contributed by atoms with E-state index in [4.69, 9.17) is 5.11 Å². The molecule has 21 heavy (non-hydrogen) atoms. The summed E-state index contributed by atoms with van der Waals surface area (Å²) in [5, 5.41) is 12.4. The minimum absolute atomic E-state index is 0.173. The third-order valence-electron chi connectivity index (χ3n) is 3.97. The molecule has 5 nitrogen and oxygen atoms in total. The molecule has 0 aliphatic carbocycles. The van der Waals surface area contributed by atoms with Crippen LogP contribution in [0.1, 0.15) is 31.7 Å². The molecule has 2 rings (SSSR count). The van der Waals surface area contributed by atoms with Gasteiger partial charge in [0.05, 0.1) is 5.54 Å². The van der Waals surface area contributed by atoms with E-state index in [9.17, 15) is 9.59 Å². The molecule has 0 saturated carbocycles. The topological polar surface area (TPSA) is 69.6 Å². The number of piperidine rings is 1. The van der Waals surface area contributed by atoms with Crippen molar-refractivity contribution in [3.8, 4) is 0 Å². The molecule has 5 heteroatoms. The Bertz CT molecular complexity index is 519. The number of aliphatic carboxylic acids is 1. The van der Waals surface area contributed by atoms with Crippen molar-refractivity contribution in [3.63, 3.8) is 0 Å². The SMILES string of the molecule is Cc1ccc(N(CC(=O)O)C(=O)C2(C)CCCCN2)cc1. The molecule has 1 aliphatic heterocycles. The Labute approximate surface area is 125 Å². The number of carboxylic acid groups (broad SMARTS) is 1. The second kappa shape index (κ2) is 6.26. The molecule has 1 aliphatic rings. The van der Waals surface area contributed by atoms with Gasteiger partial charge in [-0.2, -0.15) is 0 Å². The van der Waals surface area contributed by atoms with Crippen LogP contribution in [0.2, 0.25) is 0 Å². The Balaban J connectivity index is 2.28. The van der Waals surface area contributed by atoms with Gasteiger partial charge in [0.15, 0.2) is 0 Å². The van der Waals surface area contributed by atoms with Gasteiger partial charge >= 0.3 is 5.97 Å². The van der Waals surface area contributed by atoms with Crippen molar-refractivity contribution in [2.24, 2.45) is 0 Å². The number of hydrogen-bond acceptors (Lipinski definition) is 3. The number of benzene rings is 1. The van der Waals surface area contributed by atoms with E-state index in [1.165, 1.54) is 4.90 Å². The summed E-state index contributed by atoms with van der Waals surface area (Å²) in [6.07, 6.45) is 2.75. The monoisotopic (exact) mass is 290 g/mol. The fraction of sp³-hybridized carbons (Fsp3) is 0.500. The van der Waals surface area contributed by atoms with Crippen LogP contribution in [0.4, 0.5) is 5.69 Å². The Morgan fingerprint density at radius 1 is 1.29 bits per heavy atom. The van der Waals surface area contributed by atoms with Crippen molar-refractivity contribution in [2.75, 3.05) is 18.0 Å². The van der Waals surface area contributed by atoms with Crippen LogP contribution in [0.5, 0.6) is 0 Å². The van der Waals surface area contributed by atoms with Crippen LogP contribution < -0.4 is 10.2 Å². The molecule has 1 fully saturated rings. The number of nitrogens with one attached hydrogen (secondary N) is 1. The van der Waals surface area contributed by atoms with Gasteiger partial charge in [-0.15, -0.1) is 0 Å². The molecule has 1 amide bonds. The highest BCUT2D eigenvalue weighted by atomic mass is 16.4. The highest BCUT2D eigenvalue weighted by molar-refractivity contribution is 6.02. The zero-order chi connectivity index (χ0) is 15.5. The zero-order valence-electron chi connectivity index (χ0n) is 12.6. The molecule has 0 radical (unpaired) electrons. The van der Waals surface area contributed by atoms with E-state index in [-0.39, 0.29) is 12.5 Å². The summed E-state index contributed by atoms with van der Waals surface area (Å²) < 4.78 is 0. The largest absolute Gasteiger partial charge is 0.480 e. The molecule has 1 atom stereocenters. The molecule has 1 unspecified atom stereocenters. The van der Waals surface area contributed by atoms with Gasteiger partial charge in [-0.25, -0.2) is 0 Å². The number of carboxylic acids is 1. The average molecular weight is 290 g/mol. The van der Waals surface area contributed by atoms with E-state index < -0.39 is 11.5 Å². The summed E-state index contributed by atoms with van der Waals surface area (Å²) in [4.78, 5) is 25.3. The summed E-state index contributed by atoms with van der Waals surface area (Å²) in [6.45, 7) is 4.28. The number of aryl methyl sites for hydroxylation is 1. The summed E-state index contributed by atoms with van der Waals surface area (Å²) in [7, 11) is 0. The van der Waals surface area contributed by atoms with Gasteiger partial charge in [0, 0.05) is 5.69 Å². The summed E-state index contributed by atoms with van der Waals surface area (Å²) in [5.74, 6) is -1.18. The average Bonchev–Trinajstić information content (AvgIpc) is 2.46. The van der Waals surface area contributed by atoms with Crippen LogP contribution in [-0.4, -0.2) is 35.6 Å². The van der Waals surface area contributed by atoms with Crippen molar-refractivity contribution in [1.29, 1.82) is 0 Å². The number of amides is 1. The Kier molecular flexibility index (Phi) is 4.63. The predicted molar refractivity (Wildman–Crippen MR) is 81.4 cm³/mol. The first kappa shape index (κ1) is 15.5. The standard InChI is InChI=1S/C16H22N2O3/c1-12-5-7-13(8-6-12)18(11-14(19)20)15(21)16(2)9-3-4-10-17-16/h5-8,17H,3-4,9-11H2,1-2H3,(H,19,20). The normalized spacial score (nSPS) is 21.8.